The second-order valence-electron chi connectivity index (χ2n) is 6.38. The molecular weight excluding hydrogens is 346 g/mol. The van der Waals surface area contributed by atoms with Gasteiger partial charge in [-0.2, -0.15) is 0 Å². The maximum absolute atomic E-state index is 11.7. The van der Waals surface area contributed by atoms with Crippen LogP contribution in [-0.4, -0.2) is 32.0 Å². The lowest BCUT2D eigenvalue weighted by molar-refractivity contribution is -0.130. The summed E-state index contributed by atoms with van der Waals surface area (Å²) in [5.74, 6) is -0.656. The van der Waals surface area contributed by atoms with Gasteiger partial charge < -0.3 is 5.32 Å². The van der Waals surface area contributed by atoms with E-state index in [0.29, 0.717) is 12.1 Å². The molecule has 0 aliphatic rings. The number of amides is 2. The summed E-state index contributed by atoms with van der Waals surface area (Å²) in [5.41, 5.74) is 3.31. The second-order valence-corrected chi connectivity index (χ2v) is 6.38. The number of hydroxylamine groups is 1. The van der Waals surface area contributed by atoms with E-state index in [0.717, 1.165) is 16.3 Å². The summed E-state index contributed by atoms with van der Waals surface area (Å²) in [6.07, 6.45) is 2.29. The van der Waals surface area contributed by atoms with E-state index in [9.17, 15) is 9.59 Å². The van der Waals surface area contributed by atoms with E-state index in [2.05, 4.69) is 21.7 Å². The highest BCUT2D eigenvalue weighted by Gasteiger charge is 2.18. The van der Waals surface area contributed by atoms with Crippen LogP contribution in [0.4, 0.5) is 0 Å². The van der Waals surface area contributed by atoms with Gasteiger partial charge in [0.2, 0.25) is 11.8 Å². The SMILES string of the molecule is CC(=O)NCc1cn(C(CC(=O)NO)Cc2ccc3ccccc3c2)nn1. The van der Waals surface area contributed by atoms with Gasteiger partial charge in [0.05, 0.1) is 25.2 Å². The molecule has 0 saturated carbocycles. The number of aromatic nitrogens is 3. The monoisotopic (exact) mass is 367 g/mol. The van der Waals surface area contributed by atoms with Crippen molar-refractivity contribution in [3.05, 3.63) is 59.9 Å². The predicted molar refractivity (Wildman–Crippen MR) is 98.8 cm³/mol. The zero-order valence-corrected chi connectivity index (χ0v) is 14.9. The van der Waals surface area contributed by atoms with Crippen LogP contribution in [0.25, 0.3) is 10.8 Å². The highest BCUT2D eigenvalue weighted by atomic mass is 16.5. The summed E-state index contributed by atoms with van der Waals surface area (Å²) < 4.78 is 1.60. The van der Waals surface area contributed by atoms with Crippen molar-refractivity contribution in [1.29, 1.82) is 0 Å². The summed E-state index contributed by atoms with van der Waals surface area (Å²) in [6, 6.07) is 13.9. The Morgan fingerprint density at radius 1 is 1.19 bits per heavy atom. The molecule has 1 unspecified atom stereocenters. The molecule has 0 fully saturated rings. The van der Waals surface area contributed by atoms with Crippen molar-refractivity contribution < 1.29 is 14.8 Å². The zero-order chi connectivity index (χ0) is 19.2. The third kappa shape index (κ3) is 4.89. The van der Waals surface area contributed by atoms with Crippen LogP contribution in [0, 0.1) is 0 Å². The van der Waals surface area contributed by atoms with Gasteiger partial charge in [0.25, 0.3) is 0 Å². The van der Waals surface area contributed by atoms with Gasteiger partial charge in [-0.3, -0.25) is 14.8 Å². The number of nitrogens with one attached hydrogen (secondary N) is 2. The average molecular weight is 367 g/mol. The number of hydrogen-bond acceptors (Lipinski definition) is 5. The first-order valence-electron chi connectivity index (χ1n) is 8.61. The van der Waals surface area contributed by atoms with Crippen molar-refractivity contribution in [3.8, 4) is 0 Å². The van der Waals surface area contributed by atoms with Crippen LogP contribution >= 0.6 is 0 Å². The van der Waals surface area contributed by atoms with Crippen molar-refractivity contribution >= 4 is 22.6 Å². The minimum Gasteiger partial charge on any atom is -0.351 e. The smallest absolute Gasteiger partial charge is 0.245 e. The number of benzene rings is 2. The fraction of sp³-hybridized carbons (Fsp3) is 0.263. The molecule has 1 aromatic heterocycles. The summed E-state index contributed by atoms with van der Waals surface area (Å²) in [4.78, 5) is 22.8. The molecule has 1 heterocycles. The van der Waals surface area contributed by atoms with Gasteiger partial charge in [0.15, 0.2) is 0 Å². The molecule has 0 radical (unpaired) electrons. The second kappa shape index (κ2) is 8.41. The molecule has 2 amide bonds. The number of carbonyl (C=O) groups excluding carboxylic acids is 2. The van der Waals surface area contributed by atoms with Crippen LogP contribution in [-0.2, 0) is 22.6 Å². The highest BCUT2D eigenvalue weighted by molar-refractivity contribution is 5.83. The quantitative estimate of drug-likeness (QED) is 0.435. The Bertz CT molecular complexity index is 953. The maximum Gasteiger partial charge on any atom is 0.245 e. The lowest BCUT2D eigenvalue weighted by atomic mass is 10.00. The molecule has 8 heteroatoms. The van der Waals surface area contributed by atoms with Gasteiger partial charge in [0, 0.05) is 6.92 Å². The van der Waals surface area contributed by atoms with Crippen molar-refractivity contribution in [2.24, 2.45) is 0 Å². The number of fused-ring (bicyclic) bond motifs is 1. The third-order valence-electron chi connectivity index (χ3n) is 4.28. The van der Waals surface area contributed by atoms with Crippen LogP contribution in [0.15, 0.2) is 48.7 Å². The maximum atomic E-state index is 11.7. The number of nitrogens with zero attached hydrogens (tertiary/aromatic N) is 3. The van der Waals surface area contributed by atoms with E-state index >= 15 is 0 Å². The molecule has 0 bridgehead atoms. The molecule has 0 aliphatic carbocycles. The Balaban J connectivity index is 1.81. The largest absolute Gasteiger partial charge is 0.351 e. The standard InChI is InChI=1S/C19H21N5O3/c1-13(25)20-11-17-12-24(23-21-17)18(10-19(26)22-27)9-14-6-7-15-4-2-3-5-16(15)8-14/h2-8,12,18,27H,9-11H2,1H3,(H,20,25)(H,22,26). The molecule has 8 nitrogen and oxygen atoms in total. The van der Waals surface area contributed by atoms with Gasteiger partial charge in [-0.05, 0) is 22.8 Å². The molecule has 2 aromatic carbocycles. The lowest BCUT2D eigenvalue weighted by Gasteiger charge is -2.16. The predicted octanol–water partition coefficient (Wildman–Crippen LogP) is 1.75. The summed E-state index contributed by atoms with van der Waals surface area (Å²) in [6.45, 7) is 1.70. The molecule has 27 heavy (non-hydrogen) atoms. The first kappa shape index (κ1) is 18.5. The van der Waals surface area contributed by atoms with E-state index in [4.69, 9.17) is 5.21 Å². The van der Waals surface area contributed by atoms with Crippen molar-refractivity contribution in [2.75, 3.05) is 0 Å². The van der Waals surface area contributed by atoms with Crippen molar-refractivity contribution in [1.82, 2.24) is 25.8 Å². The summed E-state index contributed by atoms with van der Waals surface area (Å²) >= 11 is 0. The first-order valence-corrected chi connectivity index (χ1v) is 8.61. The van der Waals surface area contributed by atoms with Gasteiger partial charge in [0.1, 0.15) is 5.69 Å². The van der Waals surface area contributed by atoms with E-state index in [-0.39, 0.29) is 24.9 Å². The summed E-state index contributed by atoms with van der Waals surface area (Å²) in [5, 5.41) is 21.9. The minimum absolute atomic E-state index is 0.0479. The van der Waals surface area contributed by atoms with Gasteiger partial charge in [-0.25, -0.2) is 10.2 Å². The van der Waals surface area contributed by atoms with E-state index < -0.39 is 5.91 Å². The minimum atomic E-state index is -0.500. The third-order valence-corrected chi connectivity index (χ3v) is 4.28. The fourth-order valence-corrected chi connectivity index (χ4v) is 2.94. The summed E-state index contributed by atoms with van der Waals surface area (Å²) in [7, 11) is 0. The van der Waals surface area contributed by atoms with E-state index in [1.165, 1.54) is 6.92 Å². The lowest BCUT2D eigenvalue weighted by Crippen LogP contribution is -2.25. The fourth-order valence-electron chi connectivity index (χ4n) is 2.94. The zero-order valence-electron chi connectivity index (χ0n) is 14.9. The Hall–Kier alpha value is -3.26. The average Bonchev–Trinajstić information content (AvgIpc) is 3.14. The van der Waals surface area contributed by atoms with Crippen LogP contribution in [0.3, 0.4) is 0 Å². The normalized spacial score (nSPS) is 11.9. The topological polar surface area (TPSA) is 109 Å². The number of hydrogen-bond donors (Lipinski definition) is 3. The Kier molecular flexibility index (Phi) is 5.77. The molecule has 3 N–H and O–H groups in total. The van der Waals surface area contributed by atoms with Gasteiger partial charge in [-0.15, -0.1) is 5.10 Å². The highest BCUT2D eigenvalue weighted by Crippen LogP contribution is 2.22. The van der Waals surface area contributed by atoms with Crippen LogP contribution in [0.1, 0.15) is 30.6 Å². The van der Waals surface area contributed by atoms with E-state index in [1.807, 2.05) is 36.4 Å². The Morgan fingerprint density at radius 2 is 1.96 bits per heavy atom. The van der Waals surface area contributed by atoms with Crippen LogP contribution in [0.5, 0.6) is 0 Å². The molecule has 140 valence electrons. The van der Waals surface area contributed by atoms with Gasteiger partial charge in [-0.1, -0.05) is 47.7 Å². The van der Waals surface area contributed by atoms with Crippen molar-refractivity contribution in [3.63, 3.8) is 0 Å². The van der Waals surface area contributed by atoms with Crippen LogP contribution < -0.4 is 10.8 Å². The number of carbonyl (C=O) groups is 2. The van der Waals surface area contributed by atoms with Gasteiger partial charge >= 0.3 is 0 Å². The Morgan fingerprint density at radius 3 is 2.70 bits per heavy atom. The molecule has 1 atom stereocenters. The number of rotatable bonds is 7. The van der Waals surface area contributed by atoms with E-state index in [1.54, 1.807) is 16.4 Å². The molecule has 3 rings (SSSR count). The molecule has 3 aromatic rings. The van der Waals surface area contributed by atoms with Crippen molar-refractivity contribution in [2.45, 2.75) is 32.4 Å². The molecule has 0 aliphatic heterocycles. The first-order chi connectivity index (χ1) is 13.0. The molecule has 0 saturated heterocycles. The molecule has 0 spiro atoms. The Labute approximate surface area is 156 Å². The molecular formula is C19H21N5O3. The van der Waals surface area contributed by atoms with Crippen LogP contribution in [0.2, 0.25) is 0 Å².